The minimum atomic E-state index is -0.359. The molecule has 0 aromatic heterocycles. The van der Waals surface area contributed by atoms with E-state index < -0.39 is 0 Å². The minimum absolute atomic E-state index is 0.0864. The average Bonchev–Trinajstić information content (AvgIpc) is 2.74. The highest BCUT2D eigenvalue weighted by molar-refractivity contribution is 5.64. The fourth-order valence-electron chi connectivity index (χ4n) is 2.95. The molecule has 1 aliphatic carbocycles. The Balaban J connectivity index is 2.27. The van der Waals surface area contributed by atoms with Crippen LogP contribution in [0.15, 0.2) is 18.2 Å². The summed E-state index contributed by atoms with van der Waals surface area (Å²) in [6.45, 7) is -0.172. The SMILES string of the molecule is CN(c1ccc(CO)cc1[N+](=O)[O-])C1CCCCCC1. The highest BCUT2D eigenvalue weighted by Crippen LogP contribution is 2.33. The van der Waals surface area contributed by atoms with Crippen molar-refractivity contribution in [1.82, 2.24) is 0 Å². The van der Waals surface area contributed by atoms with Crippen molar-refractivity contribution in [3.05, 3.63) is 33.9 Å². The molecule has 0 bridgehead atoms. The number of aliphatic hydroxyl groups excluding tert-OH is 1. The van der Waals surface area contributed by atoms with Gasteiger partial charge in [0.2, 0.25) is 0 Å². The topological polar surface area (TPSA) is 66.6 Å². The zero-order chi connectivity index (χ0) is 14.5. The Labute approximate surface area is 119 Å². The summed E-state index contributed by atoms with van der Waals surface area (Å²) in [5, 5.41) is 20.4. The van der Waals surface area contributed by atoms with Gasteiger partial charge in [-0.05, 0) is 24.5 Å². The van der Waals surface area contributed by atoms with Crippen LogP contribution < -0.4 is 4.90 Å². The molecule has 2 rings (SSSR count). The zero-order valence-electron chi connectivity index (χ0n) is 11.9. The average molecular weight is 278 g/mol. The number of rotatable bonds is 4. The first kappa shape index (κ1) is 14.8. The summed E-state index contributed by atoms with van der Waals surface area (Å²) in [4.78, 5) is 12.9. The number of hydrogen-bond donors (Lipinski definition) is 1. The molecule has 5 heteroatoms. The summed E-state index contributed by atoms with van der Waals surface area (Å²) >= 11 is 0. The van der Waals surface area contributed by atoms with Crippen molar-refractivity contribution in [2.24, 2.45) is 0 Å². The van der Waals surface area contributed by atoms with Gasteiger partial charge in [0.1, 0.15) is 5.69 Å². The van der Waals surface area contributed by atoms with Crippen LogP contribution in [0.1, 0.15) is 44.1 Å². The molecule has 1 saturated carbocycles. The summed E-state index contributed by atoms with van der Waals surface area (Å²) in [6.07, 6.45) is 7.09. The maximum absolute atomic E-state index is 11.2. The molecule has 1 N–H and O–H groups in total. The number of hydrogen-bond acceptors (Lipinski definition) is 4. The van der Waals surface area contributed by atoms with Gasteiger partial charge >= 0.3 is 0 Å². The Bertz CT molecular complexity index is 468. The van der Waals surface area contributed by atoms with E-state index in [0.29, 0.717) is 17.3 Å². The van der Waals surface area contributed by atoms with Gasteiger partial charge in [0.05, 0.1) is 11.5 Å². The van der Waals surface area contributed by atoms with Crippen LogP contribution in [0.5, 0.6) is 0 Å². The van der Waals surface area contributed by atoms with Gasteiger partial charge in [-0.15, -0.1) is 0 Å². The lowest BCUT2D eigenvalue weighted by atomic mass is 10.1. The van der Waals surface area contributed by atoms with Crippen LogP contribution in [0.4, 0.5) is 11.4 Å². The lowest BCUT2D eigenvalue weighted by Crippen LogP contribution is -2.31. The van der Waals surface area contributed by atoms with Gasteiger partial charge < -0.3 is 10.0 Å². The Morgan fingerprint density at radius 2 is 1.95 bits per heavy atom. The maximum Gasteiger partial charge on any atom is 0.292 e. The smallest absolute Gasteiger partial charge is 0.292 e. The van der Waals surface area contributed by atoms with E-state index in [1.54, 1.807) is 12.1 Å². The van der Waals surface area contributed by atoms with Crippen molar-refractivity contribution in [2.75, 3.05) is 11.9 Å². The summed E-state index contributed by atoms with van der Waals surface area (Å²) < 4.78 is 0. The standard InChI is InChI=1S/C15H22N2O3/c1-16(13-6-4-2-3-5-7-13)14-9-8-12(11-18)10-15(14)17(19)20/h8-10,13,18H,2-7,11H2,1H3. The molecule has 0 atom stereocenters. The molecule has 1 fully saturated rings. The molecule has 0 spiro atoms. The fourth-order valence-corrected chi connectivity index (χ4v) is 2.95. The van der Waals surface area contributed by atoms with Crippen LogP contribution in [0.25, 0.3) is 0 Å². The van der Waals surface area contributed by atoms with Gasteiger partial charge in [0, 0.05) is 19.2 Å². The fraction of sp³-hybridized carbons (Fsp3) is 0.600. The van der Waals surface area contributed by atoms with Crippen molar-refractivity contribution in [2.45, 2.75) is 51.2 Å². The quantitative estimate of drug-likeness (QED) is 0.521. The van der Waals surface area contributed by atoms with Crippen LogP contribution in [-0.4, -0.2) is 23.1 Å². The second kappa shape index (κ2) is 6.70. The Hall–Kier alpha value is -1.62. The van der Waals surface area contributed by atoms with E-state index in [4.69, 9.17) is 5.11 Å². The Morgan fingerprint density at radius 3 is 2.50 bits per heavy atom. The molecule has 20 heavy (non-hydrogen) atoms. The molecule has 1 aliphatic rings. The normalized spacial score (nSPS) is 16.7. The number of aliphatic hydroxyl groups is 1. The molecule has 5 nitrogen and oxygen atoms in total. The second-order valence-electron chi connectivity index (χ2n) is 5.49. The third kappa shape index (κ3) is 3.28. The lowest BCUT2D eigenvalue weighted by molar-refractivity contribution is -0.384. The van der Waals surface area contributed by atoms with Gasteiger partial charge in [0.15, 0.2) is 0 Å². The molecule has 0 amide bonds. The van der Waals surface area contributed by atoms with Crippen molar-refractivity contribution in [1.29, 1.82) is 0 Å². The van der Waals surface area contributed by atoms with Crippen molar-refractivity contribution < 1.29 is 10.0 Å². The molecule has 0 aliphatic heterocycles. The van der Waals surface area contributed by atoms with E-state index >= 15 is 0 Å². The van der Waals surface area contributed by atoms with Crippen molar-refractivity contribution in [3.8, 4) is 0 Å². The van der Waals surface area contributed by atoms with E-state index in [-0.39, 0.29) is 17.2 Å². The highest BCUT2D eigenvalue weighted by atomic mass is 16.6. The predicted molar refractivity (Wildman–Crippen MR) is 78.9 cm³/mol. The van der Waals surface area contributed by atoms with E-state index in [1.165, 1.54) is 31.7 Å². The maximum atomic E-state index is 11.2. The molecular weight excluding hydrogens is 256 g/mol. The monoisotopic (exact) mass is 278 g/mol. The van der Waals surface area contributed by atoms with E-state index in [2.05, 4.69) is 0 Å². The summed E-state index contributed by atoms with van der Waals surface area (Å²) in [5.41, 5.74) is 1.32. The summed E-state index contributed by atoms with van der Waals surface area (Å²) in [6, 6.07) is 5.36. The van der Waals surface area contributed by atoms with Gasteiger partial charge in [-0.3, -0.25) is 10.1 Å². The summed E-state index contributed by atoms with van der Waals surface area (Å²) in [7, 11) is 1.94. The molecule has 0 saturated heterocycles. The molecule has 0 heterocycles. The number of nitro groups is 1. The van der Waals surface area contributed by atoms with Crippen molar-refractivity contribution in [3.63, 3.8) is 0 Å². The van der Waals surface area contributed by atoms with Crippen LogP contribution in [0.3, 0.4) is 0 Å². The van der Waals surface area contributed by atoms with E-state index in [1.807, 2.05) is 11.9 Å². The van der Waals surface area contributed by atoms with Gasteiger partial charge in [0.25, 0.3) is 5.69 Å². The summed E-state index contributed by atoms with van der Waals surface area (Å²) in [5.74, 6) is 0. The van der Waals surface area contributed by atoms with E-state index in [9.17, 15) is 10.1 Å². The van der Waals surface area contributed by atoms with E-state index in [0.717, 1.165) is 12.8 Å². The molecule has 0 unspecified atom stereocenters. The predicted octanol–water partition coefficient (Wildman–Crippen LogP) is 3.25. The molecule has 1 aromatic carbocycles. The first-order valence-electron chi connectivity index (χ1n) is 7.24. The molecule has 1 aromatic rings. The van der Waals surface area contributed by atoms with Gasteiger partial charge in [-0.1, -0.05) is 31.7 Å². The second-order valence-corrected chi connectivity index (χ2v) is 5.49. The van der Waals surface area contributed by atoms with Gasteiger partial charge in [-0.25, -0.2) is 0 Å². The lowest BCUT2D eigenvalue weighted by Gasteiger charge is -2.29. The third-order valence-corrected chi connectivity index (χ3v) is 4.17. The largest absolute Gasteiger partial charge is 0.392 e. The molecular formula is C15H22N2O3. The number of benzene rings is 1. The zero-order valence-corrected chi connectivity index (χ0v) is 11.9. The Morgan fingerprint density at radius 1 is 1.30 bits per heavy atom. The van der Waals surface area contributed by atoms with Gasteiger partial charge in [-0.2, -0.15) is 0 Å². The Kier molecular flexibility index (Phi) is 4.95. The number of anilines is 1. The molecule has 110 valence electrons. The highest BCUT2D eigenvalue weighted by Gasteiger charge is 2.23. The number of nitrogens with zero attached hydrogens (tertiary/aromatic N) is 2. The van der Waals surface area contributed by atoms with Crippen molar-refractivity contribution >= 4 is 11.4 Å². The first-order chi connectivity index (χ1) is 9.63. The van der Waals surface area contributed by atoms with Crippen LogP contribution in [0.2, 0.25) is 0 Å². The molecule has 0 radical (unpaired) electrons. The third-order valence-electron chi connectivity index (χ3n) is 4.17. The van der Waals surface area contributed by atoms with Crippen LogP contribution >= 0.6 is 0 Å². The minimum Gasteiger partial charge on any atom is -0.392 e. The number of nitro benzene ring substituents is 1. The van der Waals surface area contributed by atoms with Crippen LogP contribution in [-0.2, 0) is 6.61 Å². The first-order valence-corrected chi connectivity index (χ1v) is 7.24. The van der Waals surface area contributed by atoms with Crippen LogP contribution in [0, 0.1) is 10.1 Å².